The molecule has 0 bridgehead atoms. The van der Waals surface area contributed by atoms with E-state index in [0.29, 0.717) is 13.1 Å². The Morgan fingerprint density at radius 1 is 1.26 bits per heavy atom. The number of sulfonamides is 1. The third kappa shape index (κ3) is 4.12. The van der Waals surface area contributed by atoms with E-state index in [0.717, 1.165) is 6.42 Å². The van der Waals surface area contributed by atoms with Crippen LogP contribution in [0.1, 0.15) is 23.7 Å². The molecule has 0 aromatic heterocycles. The van der Waals surface area contributed by atoms with E-state index in [9.17, 15) is 17.6 Å². The van der Waals surface area contributed by atoms with Crippen LogP contribution in [0.4, 0.5) is 10.1 Å². The molecule has 144 valence electrons. The highest BCUT2D eigenvalue weighted by molar-refractivity contribution is 7.92. The molecular formula is C19H22FN3O3S. The number of halogens is 1. The fourth-order valence-electron chi connectivity index (χ4n) is 3.31. The van der Waals surface area contributed by atoms with Crippen molar-refractivity contribution >= 4 is 21.6 Å². The highest BCUT2D eigenvalue weighted by Crippen LogP contribution is 2.25. The van der Waals surface area contributed by atoms with Gasteiger partial charge in [0.15, 0.2) is 0 Å². The third-order valence-electron chi connectivity index (χ3n) is 4.77. The lowest BCUT2D eigenvalue weighted by Crippen LogP contribution is -2.34. The molecule has 3 rings (SSSR count). The molecular weight excluding hydrogens is 369 g/mol. The van der Waals surface area contributed by atoms with Crippen molar-refractivity contribution in [2.45, 2.75) is 24.3 Å². The number of hydrogen-bond acceptors (Lipinski definition) is 4. The average Bonchev–Trinajstić information content (AvgIpc) is 3.04. The number of carbonyl (C=O) groups excluding carboxylic acids is 1. The molecule has 6 nitrogen and oxygen atoms in total. The normalized spacial score (nSPS) is 19.9. The van der Waals surface area contributed by atoms with Crippen LogP contribution in [0.25, 0.3) is 0 Å². The Bertz CT molecular complexity index is 949. The highest BCUT2D eigenvalue weighted by Gasteiger charge is 2.32. The minimum absolute atomic E-state index is 0.0443. The van der Waals surface area contributed by atoms with Crippen LogP contribution < -0.4 is 10.5 Å². The first-order valence-corrected chi connectivity index (χ1v) is 10.2. The van der Waals surface area contributed by atoms with Crippen LogP contribution in [0.15, 0.2) is 53.4 Å². The van der Waals surface area contributed by atoms with Gasteiger partial charge in [-0.2, -0.15) is 0 Å². The van der Waals surface area contributed by atoms with Gasteiger partial charge < -0.3 is 10.6 Å². The maximum absolute atomic E-state index is 13.8. The molecule has 1 aliphatic rings. The Morgan fingerprint density at radius 3 is 2.67 bits per heavy atom. The molecule has 1 aliphatic heterocycles. The molecule has 0 radical (unpaired) electrons. The monoisotopic (exact) mass is 391 g/mol. The first kappa shape index (κ1) is 19.3. The van der Waals surface area contributed by atoms with Crippen molar-refractivity contribution in [2.75, 3.05) is 17.8 Å². The summed E-state index contributed by atoms with van der Waals surface area (Å²) in [7, 11) is -4.03. The second-order valence-electron chi connectivity index (χ2n) is 6.76. The zero-order chi connectivity index (χ0) is 19.6. The van der Waals surface area contributed by atoms with E-state index < -0.39 is 15.8 Å². The fourth-order valence-corrected chi connectivity index (χ4v) is 4.42. The number of anilines is 1. The maximum Gasteiger partial charge on any atom is 0.262 e. The van der Waals surface area contributed by atoms with Crippen molar-refractivity contribution in [3.63, 3.8) is 0 Å². The quantitative estimate of drug-likeness (QED) is 0.819. The molecule has 27 heavy (non-hydrogen) atoms. The number of benzene rings is 2. The highest BCUT2D eigenvalue weighted by atomic mass is 32.2. The van der Waals surface area contributed by atoms with Gasteiger partial charge in [0, 0.05) is 18.2 Å². The largest absolute Gasteiger partial charge is 0.336 e. The van der Waals surface area contributed by atoms with Gasteiger partial charge in [-0.25, -0.2) is 12.8 Å². The van der Waals surface area contributed by atoms with Crippen LogP contribution in [0.5, 0.6) is 0 Å². The number of para-hydroxylation sites is 1. The van der Waals surface area contributed by atoms with Gasteiger partial charge in [-0.05, 0) is 56.1 Å². The second-order valence-corrected chi connectivity index (χ2v) is 8.44. The van der Waals surface area contributed by atoms with Crippen LogP contribution in [-0.2, 0) is 10.0 Å². The van der Waals surface area contributed by atoms with Crippen LogP contribution in [0.2, 0.25) is 0 Å². The third-order valence-corrected chi connectivity index (χ3v) is 6.13. The molecule has 1 fully saturated rings. The summed E-state index contributed by atoms with van der Waals surface area (Å²) in [6.07, 6.45) is 0.828. The van der Waals surface area contributed by atoms with E-state index >= 15 is 0 Å². The maximum atomic E-state index is 13.8. The molecule has 1 saturated heterocycles. The van der Waals surface area contributed by atoms with Crippen molar-refractivity contribution in [1.29, 1.82) is 0 Å². The molecule has 8 heteroatoms. The molecule has 2 aromatic carbocycles. The Kier molecular flexibility index (Phi) is 5.48. The van der Waals surface area contributed by atoms with E-state index in [1.165, 1.54) is 42.5 Å². The van der Waals surface area contributed by atoms with E-state index in [1.54, 1.807) is 11.0 Å². The number of carbonyl (C=O) groups is 1. The summed E-state index contributed by atoms with van der Waals surface area (Å²) in [4.78, 5) is 14.4. The minimum Gasteiger partial charge on any atom is -0.336 e. The fraction of sp³-hybridized carbons (Fsp3) is 0.316. The molecule has 1 heterocycles. The molecule has 2 atom stereocenters. The lowest BCUT2D eigenvalue weighted by atomic mass is 10.1. The molecule has 2 aromatic rings. The van der Waals surface area contributed by atoms with Gasteiger partial charge in [-0.15, -0.1) is 0 Å². The topological polar surface area (TPSA) is 92.5 Å². The Labute approximate surface area is 158 Å². The predicted octanol–water partition coefficient (Wildman–Crippen LogP) is 2.44. The van der Waals surface area contributed by atoms with E-state index in [4.69, 9.17) is 5.73 Å². The van der Waals surface area contributed by atoms with Gasteiger partial charge in [-0.1, -0.05) is 18.2 Å². The number of hydrogen-bond donors (Lipinski definition) is 2. The van der Waals surface area contributed by atoms with Crippen LogP contribution in [0.3, 0.4) is 0 Å². The van der Waals surface area contributed by atoms with Crippen LogP contribution in [0, 0.1) is 11.7 Å². The van der Waals surface area contributed by atoms with E-state index in [2.05, 4.69) is 4.72 Å². The van der Waals surface area contributed by atoms with E-state index in [-0.39, 0.29) is 34.0 Å². The molecule has 0 saturated carbocycles. The summed E-state index contributed by atoms with van der Waals surface area (Å²) < 4.78 is 41.2. The summed E-state index contributed by atoms with van der Waals surface area (Å²) in [5.41, 5.74) is 5.84. The summed E-state index contributed by atoms with van der Waals surface area (Å²) in [5.74, 6) is -0.660. The van der Waals surface area contributed by atoms with Crippen LogP contribution in [-0.4, -0.2) is 38.4 Å². The molecule has 0 spiro atoms. The van der Waals surface area contributed by atoms with Gasteiger partial charge in [0.05, 0.1) is 10.6 Å². The van der Waals surface area contributed by atoms with Crippen molar-refractivity contribution in [3.05, 3.63) is 59.9 Å². The predicted molar refractivity (Wildman–Crippen MR) is 101 cm³/mol. The Balaban J connectivity index is 1.85. The lowest BCUT2D eigenvalue weighted by molar-refractivity contribution is 0.0743. The standard InChI is InChI=1S/C19H22FN3O3S/c1-13-9-14(11-21)12-23(13)19(24)15-5-4-6-16(10-15)27(25,26)22-18-8-3-2-7-17(18)20/h2-8,10,13-14,22H,9,11-12,21H2,1H3. The molecule has 1 amide bonds. The zero-order valence-corrected chi connectivity index (χ0v) is 15.7. The first-order chi connectivity index (χ1) is 12.8. The van der Waals surface area contributed by atoms with Crippen molar-refractivity contribution in [1.82, 2.24) is 4.90 Å². The van der Waals surface area contributed by atoms with Crippen molar-refractivity contribution < 1.29 is 17.6 Å². The number of amides is 1. The van der Waals surface area contributed by atoms with Crippen LogP contribution >= 0.6 is 0 Å². The minimum atomic E-state index is -4.03. The van der Waals surface area contributed by atoms with Gasteiger partial charge >= 0.3 is 0 Å². The van der Waals surface area contributed by atoms with Gasteiger partial charge in [0.2, 0.25) is 0 Å². The number of nitrogens with zero attached hydrogens (tertiary/aromatic N) is 1. The summed E-state index contributed by atoms with van der Waals surface area (Å²) in [6, 6.07) is 11.3. The smallest absolute Gasteiger partial charge is 0.262 e. The summed E-state index contributed by atoms with van der Waals surface area (Å²) in [5, 5.41) is 0. The SMILES string of the molecule is CC1CC(CN)CN1C(=O)c1cccc(S(=O)(=O)Nc2ccccc2F)c1. The van der Waals surface area contributed by atoms with Gasteiger partial charge in [0.25, 0.3) is 15.9 Å². The molecule has 0 aliphatic carbocycles. The first-order valence-electron chi connectivity index (χ1n) is 8.70. The average molecular weight is 391 g/mol. The number of nitrogens with two attached hydrogens (primary N) is 1. The molecule has 2 unspecified atom stereocenters. The van der Waals surface area contributed by atoms with E-state index in [1.807, 2.05) is 6.92 Å². The van der Waals surface area contributed by atoms with Gasteiger partial charge in [-0.3, -0.25) is 9.52 Å². The van der Waals surface area contributed by atoms with Gasteiger partial charge in [0.1, 0.15) is 5.82 Å². The Hall–Kier alpha value is -2.45. The number of likely N-dealkylation sites (tertiary alicyclic amines) is 1. The van der Waals surface area contributed by atoms with Crippen molar-refractivity contribution in [2.24, 2.45) is 11.7 Å². The summed E-state index contributed by atoms with van der Waals surface area (Å²) >= 11 is 0. The summed E-state index contributed by atoms with van der Waals surface area (Å²) in [6.45, 7) is 3.02. The number of nitrogens with one attached hydrogen (secondary N) is 1. The number of rotatable bonds is 5. The second kappa shape index (κ2) is 7.66. The van der Waals surface area contributed by atoms with Crippen molar-refractivity contribution in [3.8, 4) is 0 Å². The lowest BCUT2D eigenvalue weighted by Gasteiger charge is -2.22. The Morgan fingerprint density at radius 2 is 2.00 bits per heavy atom. The zero-order valence-electron chi connectivity index (χ0n) is 14.9. The molecule has 3 N–H and O–H groups in total.